The van der Waals surface area contributed by atoms with Crippen LogP contribution in [0, 0.1) is 6.92 Å². The van der Waals surface area contributed by atoms with Crippen LogP contribution in [0.3, 0.4) is 0 Å². The van der Waals surface area contributed by atoms with E-state index in [1.807, 2.05) is 18.4 Å². The van der Waals surface area contributed by atoms with Crippen LogP contribution in [0.15, 0.2) is 11.4 Å². The molecule has 0 spiro atoms. The number of urea groups is 1. The summed E-state index contributed by atoms with van der Waals surface area (Å²) in [5, 5.41) is 16.7. The maximum absolute atomic E-state index is 12.0. The van der Waals surface area contributed by atoms with E-state index >= 15 is 0 Å². The van der Waals surface area contributed by atoms with E-state index in [0.717, 1.165) is 36.1 Å². The lowest BCUT2D eigenvalue weighted by Crippen LogP contribution is -2.51. The number of amides is 2. The molecule has 1 aliphatic rings. The zero-order valence-corrected chi connectivity index (χ0v) is 12.4. The van der Waals surface area contributed by atoms with Gasteiger partial charge in [0, 0.05) is 4.88 Å². The summed E-state index contributed by atoms with van der Waals surface area (Å²) in [5.74, 6) is -0.860. The minimum Gasteiger partial charge on any atom is -0.481 e. The van der Waals surface area contributed by atoms with Crippen LogP contribution in [0.1, 0.15) is 42.5 Å². The van der Waals surface area contributed by atoms with Crippen LogP contribution in [0.4, 0.5) is 4.79 Å². The van der Waals surface area contributed by atoms with Gasteiger partial charge >= 0.3 is 12.0 Å². The Kier molecular flexibility index (Phi) is 4.65. The molecule has 0 atom stereocenters. The van der Waals surface area contributed by atoms with Crippen LogP contribution in [0.2, 0.25) is 0 Å². The number of nitrogens with one attached hydrogen (secondary N) is 2. The first-order valence-electron chi connectivity index (χ1n) is 6.82. The van der Waals surface area contributed by atoms with Crippen molar-refractivity contribution in [2.45, 2.75) is 51.1 Å². The molecule has 110 valence electrons. The van der Waals surface area contributed by atoms with Crippen molar-refractivity contribution in [3.63, 3.8) is 0 Å². The van der Waals surface area contributed by atoms with E-state index < -0.39 is 11.5 Å². The Balaban J connectivity index is 1.89. The number of rotatable bonds is 5. The molecule has 0 bridgehead atoms. The lowest BCUT2D eigenvalue weighted by molar-refractivity contribution is -0.138. The molecule has 0 aromatic carbocycles. The number of thiophene rings is 1. The second kappa shape index (κ2) is 6.26. The second-order valence-corrected chi connectivity index (χ2v) is 6.39. The topological polar surface area (TPSA) is 78.4 Å². The molecule has 6 heteroatoms. The van der Waals surface area contributed by atoms with Crippen molar-refractivity contribution in [2.75, 3.05) is 0 Å². The summed E-state index contributed by atoms with van der Waals surface area (Å²) in [7, 11) is 0. The molecule has 1 aliphatic carbocycles. The molecule has 5 nitrogen and oxygen atoms in total. The lowest BCUT2D eigenvalue weighted by atomic mass is 9.93. The van der Waals surface area contributed by atoms with Crippen molar-refractivity contribution < 1.29 is 14.7 Å². The number of carbonyl (C=O) groups excluding carboxylic acids is 1. The van der Waals surface area contributed by atoms with E-state index in [9.17, 15) is 9.59 Å². The van der Waals surface area contributed by atoms with Crippen molar-refractivity contribution in [1.82, 2.24) is 10.6 Å². The van der Waals surface area contributed by atoms with Gasteiger partial charge in [0.15, 0.2) is 0 Å². The molecule has 0 aliphatic heterocycles. The summed E-state index contributed by atoms with van der Waals surface area (Å²) in [6, 6.07) is 1.74. The van der Waals surface area contributed by atoms with Crippen LogP contribution in [-0.2, 0) is 11.3 Å². The third-order valence-corrected chi connectivity index (χ3v) is 4.83. The highest BCUT2D eigenvalue weighted by Crippen LogP contribution is 2.32. The molecule has 20 heavy (non-hydrogen) atoms. The van der Waals surface area contributed by atoms with E-state index in [1.165, 1.54) is 0 Å². The molecule has 2 rings (SSSR count). The molecule has 1 aromatic heterocycles. The molecule has 2 amide bonds. The van der Waals surface area contributed by atoms with Gasteiger partial charge in [-0.2, -0.15) is 0 Å². The van der Waals surface area contributed by atoms with Crippen molar-refractivity contribution in [3.05, 3.63) is 21.9 Å². The Morgan fingerprint density at radius 1 is 1.40 bits per heavy atom. The molecule has 1 saturated carbocycles. The zero-order valence-electron chi connectivity index (χ0n) is 11.6. The van der Waals surface area contributed by atoms with Gasteiger partial charge in [-0.05, 0) is 36.8 Å². The van der Waals surface area contributed by atoms with Gasteiger partial charge in [0.25, 0.3) is 0 Å². The van der Waals surface area contributed by atoms with Crippen molar-refractivity contribution in [3.8, 4) is 0 Å². The highest BCUT2D eigenvalue weighted by molar-refractivity contribution is 7.10. The predicted molar refractivity (Wildman–Crippen MR) is 77.9 cm³/mol. The van der Waals surface area contributed by atoms with Crippen LogP contribution in [0.25, 0.3) is 0 Å². The Hall–Kier alpha value is -1.56. The van der Waals surface area contributed by atoms with Crippen molar-refractivity contribution in [1.29, 1.82) is 0 Å². The van der Waals surface area contributed by atoms with Crippen LogP contribution >= 0.6 is 11.3 Å². The predicted octanol–water partition coefficient (Wildman–Crippen LogP) is 2.64. The van der Waals surface area contributed by atoms with E-state index in [2.05, 4.69) is 10.6 Å². The number of carbonyl (C=O) groups is 2. The first-order chi connectivity index (χ1) is 9.51. The smallest absolute Gasteiger partial charge is 0.315 e. The summed E-state index contributed by atoms with van der Waals surface area (Å²) >= 11 is 1.61. The highest BCUT2D eigenvalue weighted by atomic mass is 32.1. The molecule has 1 fully saturated rings. The van der Waals surface area contributed by atoms with Crippen molar-refractivity contribution in [2.24, 2.45) is 0 Å². The summed E-state index contributed by atoms with van der Waals surface area (Å²) in [4.78, 5) is 24.1. The maximum atomic E-state index is 12.0. The van der Waals surface area contributed by atoms with Gasteiger partial charge in [0.2, 0.25) is 0 Å². The summed E-state index contributed by atoms with van der Waals surface area (Å²) in [5.41, 5.74) is 0.594. The quantitative estimate of drug-likeness (QED) is 0.781. The van der Waals surface area contributed by atoms with Gasteiger partial charge in [0.1, 0.15) is 0 Å². The number of aliphatic carboxylic acids is 1. The number of carboxylic acids is 1. The molecule has 1 heterocycles. The van der Waals surface area contributed by atoms with Crippen LogP contribution < -0.4 is 10.6 Å². The molecule has 3 N–H and O–H groups in total. The second-order valence-electron chi connectivity index (χ2n) is 5.39. The number of carboxylic acid groups (broad SMARTS) is 1. The molecular formula is C14H20N2O3S. The Morgan fingerprint density at radius 2 is 2.10 bits per heavy atom. The van der Waals surface area contributed by atoms with Gasteiger partial charge < -0.3 is 15.7 Å². The fourth-order valence-electron chi connectivity index (χ4n) is 2.72. The van der Waals surface area contributed by atoms with E-state index in [0.29, 0.717) is 6.54 Å². The van der Waals surface area contributed by atoms with Gasteiger partial charge in [-0.25, -0.2) is 4.79 Å². The van der Waals surface area contributed by atoms with E-state index in [4.69, 9.17) is 5.11 Å². The fourth-order valence-corrected chi connectivity index (χ4v) is 3.56. The molecule has 1 aromatic rings. The van der Waals surface area contributed by atoms with Crippen LogP contribution in [-0.4, -0.2) is 22.6 Å². The Labute approximate surface area is 122 Å². The van der Waals surface area contributed by atoms with Gasteiger partial charge in [-0.3, -0.25) is 4.79 Å². The zero-order chi connectivity index (χ0) is 14.6. The maximum Gasteiger partial charge on any atom is 0.315 e. The minimum absolute atomic E-state index is 0.00154. The minimum atomic E-state index is -0.860. The summed E-state index contributed by atoms with van der Waals surface area (Å²) in [6.07, 6.45) is 3.42. The highest BCUT2D eigenvalue weighted by Gasteiger charge is 2.37. The average molecular weight is 296 g/mol. The average Bonchev–Trinajstić information content (AvgIpc) is 2.96. The molecule has 0 saturated heterocycles. The normalized spacial score (nSPS) is 16.9. The van der Waals surface area contributed by atoms with Gasteiger partial charge in [0.05, 0.1) is 18.5 Å². The molecule has 0 unspecified atom stereocenters. The molecular weight excluding hydrogens is 276 g/mol. The largest absolute Gasteiger partial charge is 0.481 e. The first-order valence-corrected chi connectivity index (χ1v) is 7.69. The van der Waals surface area contributed by atoms with Gasteiger partial charge in [-0.15, -0.1) is 11.3 Å². The first kappa shape index (κ1) is 14.8. The summed E-state index contributed by atoms with van der Waals surface area (Å²) in [6.45, 7) is 2.49. The third-order valence-electron chi connectivity index (χ3n) is 3.81. The SMILES string of the molecule is Cc1ccsc1CNC(=O)NC1(CC(=O)O)CCCC1. The molecule has 0 radical (unpaired) electrons. The third kappa shape index (κ3) is 3.72. The Morgan fingerprint density at radius 3 is 2.65 bits per heavy atom. The lowest BCUT2D eigenvalue weighted by Gasteiger charge is -2.28. The number of aryl methyl sites for hydroxylation is 1. The van der Waals surface area contributed by atoms with Crippen LogP contribution in [0.5, 0.6) is 0 Å². The van der Waals surface area contributed by atoms with Gasteiger partial charge in [-0.1, -0.05) is 12.8 Å². The van der Waals surface area contributed by atoms with E-state index in [-0.39, 0.29) is 12.5 Å². The number of hydrogen-bond donors (Lipinski definition) is 3. The summed E-state index contributed by atoms with van der Waals surface area (Å²) < 4.78 is 0. The van der Waals surface area contributed by atoms with E-state index in [1.54, 1.807) is 11.3 Å². The van der Waals surface area contributed by atoms with Crippen molar-refractivity contribution >= 4 is 23.3 Å². The standard InChI is InChI=1S/C14H20N2O3S/c1-10-4-7-20-11(10)9-15-13(19)16-14(8-12(17)18)5-2-3-6-14/h4,7H,2-3,5-6,8-9H2,1H3,(H,17,18)(H2,15,16,19). The number of hydrogen-bond acceptors (Lipinski definition) is 3. The Bertz CT molecular complexity index is 492. The fraction of sp³-hybridized carbons (Fsp3) is 0.571. The monoisotopic (exact) mass is 296 g/mol.